The van der Waals surface area contributed by atoms with Crippen molar-refractivity contribution in [3.05, 3.63) is 89.7 Å². The van der Waals surface area contributed by atoms with Crippen LogP contribution in [0.5, 0.6) is 11.5 Å². The molecule has 0 amide bonds. The van der Waals surface area contributed by atoms with Crippen LogP contribution in [0.1, 0.15) is 56.0 Å². The third-order valence-electron chi connectivity index (χ3n) is 6.23. The predicted molar refractivity (Wildman–Crippen MR) is 135 cm³/mol. The minimum atomic E-state index is 0.455. The molecule has 1 heterocycles. The highest BCUT2D eigenvalue weighted by atomic mass is 16.5. The van der Waals surface area contributed by atoms with Gasteiger partial charge in [0.1, 0.15) is 23.9 Å². The normalized spacial score (nSPS) is 12.1. The molecule has 0 aliphatic heterocycles. The summed E-state index contributed by atoms with van der Waals surface area (Å²) in [6.07, 6.45) is 3.15. The van der Waals surface area contributed by atoms with Crippen molar-refractivity contribution in [2.45, 2.75) is 59.1 Å². The number of nitrogens with zero attached hydrogens (tertiary/aromatic N) is 2. The summed E-state index contributed by atoms with van der Waals surface area (Å²) < 4.78 is 14.3. The minimum Gasteiger partial charge on any atom is -0.494 e. The van der Waals surface area contributed by atoms with Gasteiger partial charge >= 0.3 is 0 Å². The summed E-state index contributed by atoms with van der Waals surface area (Å²) in [6.45, 7) is 8.62. The smallest absolute Gasteiger partial charge is 0.147 e. The lowest BCUT2D eigenvalue weighted by Gasteiger charge is -2.12. The van der Waals surface area contributed by atoms with E-state index in [1.807, 2.05) is 18.2 Å². The number of benzene rings is 3. The molecule has 4 rings (SSSR count). The maximum atomic E-state index is 6.03. The van der Waals surface area contributed by atoms with E-state index in [0.717, 1.165) is 54.2 Å². The van der Waals surface area contributed by atoms with Gasteiger partial charge in [0.25, 0.3) is 0 Å². The van der Waals surface area contributed by atoms with Crippen LogP contribution in [0.25, 0.3) is 11.0 Å². The SMILES string of the molecule is CCC(C)c1ccc(OCCCCn2c(COc3ccc(C)cc3)nc3ccccc32)cc1. The van der Waals surface area contributed by atoms with Gasteiger partial charge in [0.15, 0.2) is 0 Å². The molecule has 0 fully saturated rings. The van der Waals surface area contributed by atoms with Gasteiger partial charge in [0.05, 0.1) is 17.6 Å². The first-order chi connectivity index (χ1) is 16.1. The number of hydrogen-bond acceptors (Lipinski definition) is 3. The van der Waals surface area contributed by atoms with Crippen molar-refractivity contribution < 1.29 is 9.47 Å². The van der Waals surface area contributed by atoms with Crippen LogP contribution < -0.4 is 9.47 Å². The van der Waals surface area contributed by atoms with E-state index in [9.17, 15) is 0 Å². The summed E-state index contributed by atoms with van der Waals surface area (Å²) in [5.41, 5.74) is 4.76. The summed E-state index contributed by atoms with van der Waals surface area (Å²) in [6, 6.07) is 25.0. The van der Waals surface area contributed by atoms with Crippen LogP contribution >= 0.6 is 0 Å². The van der Waals surface area contributed by atoms with Crippen LogP contribution in [0.3, 0.4) is 0 Å². The van der Waals surface area contributed by atoms with E-state index in [-0.39, 0.29) is 0 Å². The molecule has 1 aromatic heterocycles. The van der Waals surface area contributed by atoms with E-state index >= 15 is 0 Å². The van der Waals surface area contributed by atoms with Crippen LogP contribution in [-0.4, -0.2) is 16.2 Å². The molecule has 1 unspecified atom stereocenters. The zero-order valence-corrected chi connectivity index (χ0v) is 20.0. The van der Waals surface area contributed by atoms with Gasteiger partial charge in [-0.25, -0.2) is 4.98 Å². The van der Waals surface area contributed by atoms with Crippen molar-refractivity contribution >= 4 is 11.0 Å². The Bertz CT molecular complexity index is 1150. The molecule has 33 heavy (non-hydrogen) atoms. The number of aryl methyl sites for hydroxylation is 2. The van der Waals surface area contributed by atoms with Gasteiger partial charge in [-0.1, -0.05) is 55.8 Å². The topological polar surface area (TPSA) is 36.3 Å². The Morgan fingerprint density at radius 3 is 2.30 bits per heavy atom. The van der Waals surface area contributed by atoms with E-state index in [0.29, 0.717) is 19.1 Å². The molecule has 0 saturated heterocycles. The fraction of sp³-hybridized carbons (Fsp3) is 0.345. The van der Waals surface area contributed by atoms with Crippen molar-refractivity contribution in [2.75, 3.05) is 6.61 Å². The Morgan fingerprint density at radius 1 is 0.848 bits per heavy atom. The number of rotatable bonds is 11. The molecule has 172 valence electrons. The number of hydrogen-bond donors (Lipinski definition) is 0. The maximum absolute atomic E-state index is 6.03. The molecule has 1 atom stereocenters. The molecule has 4 heteroatoms. The maximum Gasteiger partial charge on any atom is 0.147 e. The first kappa shape index (κ1) is 22.9. The summed E-state index contributed by atoms with van der Waals surface area (Å²) in [5.74, 6) is 3.36. The van der Waals surface area contributed by atoms with Gasteiger partial charge in [0.2, 0.25) is 0 Å². The molecule has 0 aliphatic rings. The average Bonchev–Trinajstić information content (AvgIpc) is 3.21. The molecule has 0 radical (unpaired) electrons. The molecule has 4 nitrogen and oxygen atoms in total. The first-order valence-corrected chi connectivity index (χ1v) is 12.0. The van der Waals surface area contributed by atoms with Crippen molar-refractivity contribution in [2.24, 2.45) is 0 Å². The van der Waals surface area contributed by atoms with Crippen molar-refractivity contribution in [1.29, 1.82) is 0 Å². The van der Waals surface area contributed by atoms with Gasteiger partial charge in [-0.3, -0.25) is 0 Å². The number of aromatic nitrogens is 2. The molecule has 0 spiro atoms. The number of unbranched alkanes of at least 4 members (excludes halogenated alkanes) is 1. The number of ether oxygens (including phenoxy) is 2. The van der Waals surface area contributed by atoms with E-state index in [1.54, 1.807) is 0 Å². The van der Waals surface area contributed by atoms with E-state index in [4.69, 9.17) is 14.5 Å². The second kappa shape index (κ2) is 11.0. The molecule has 0 aliphatic carbocycles. The van der Waals surface area contributed by atoms with E-state index < -0.39 is 0 Å². The first-order valence-electron chi connectivity index (χ1n) is 12.0. The third-order valence-corrected chi connectivity index (χ3v) is 6.23. The fourth-order valence-electron chi connectivity index (χ4n) is 3.96. The standard InChI is InChI=1S/C29H34N2O2/c1-4-23(3)24-13-17-25(18-14-24)32-20-8-7-19-31-28-10-6-5-9-27(28)30-29(31)21-33-26-15-11-22(2)12-16-26/h5-6,9-18,23H,4,7-8,19-21H2,1-3H3. The summed E-state index contributed by atoms with van der Waals surface area (Å²) >= 11 is 0. The Balaban J connectivity index is 1.32. The Labute approximate surface area is 197 Å². The molecular formula is C29H34N2O2. The highest BCUT2D eigenvalue weighted by Crippen LogP contribution is 2.22. The van der Waals surface area contributed by atoms with E-state index in [1.165, 1.54) is 11.1 Å². The van der Waals surface area contributed by atoms with Crippen molar-refractivity contribution in [3.8, 4) is 11.5 Å². The van der Waals surface area contributed by atoms with Crippen LogP contribution in [-0.2, 0) is 13.2 Å². The lowest BCUT2D eigenvalue weighted by atomic mass is 9.99. The second-order valence-corrected chi connectivity index (χ2v) is 8.70. The fourth-order valence-corrected chi connectivity index (χ4v) is 3.96. The summed E-state index contributed by atoms with van der Waals surface area (Å²) in [7, 11) is 0. The Kier molecular flexibility index (Phi) is 7.66. The molecule has 0 bridgehead atoms. The largest absolute Gasteiger partial charge is 0.494 e. The van der Waals surface area contributed by atoms with Gasteiger partial charge in [0, 0.05) is 6.54 Å². The van der Waals surface area contributed by atoms with Crippen LogP contribution in [0.15, 0.2) is 72.8 Å². The lowest BCUT2D eigenvalue weighted by molar-refractivity contribution is 0.285. The van der Waals surface area contributed by atoms with Gasteiger partial charge in [-0.15, -0.1) is 0 Å². The van der Waals surface area contributed by atoms with Crippen LogP contribution in [0.4, 0.5) is 0 Å². The highest BCUT2D eigenvalue weighted by molar-refractivity contribution is 5.75. The van der Waals surface area contributed by atoms with Gasteiger partial charge in [-0.2, -0.15) is 0 Å². The molecular weight excluding hydrogens is 408 g/mol. The number of para-hydroxylation sites is 2. The quantitative estimate of drug-likeness (QED) is 0.229. The third kappa shape index (κ3) is 5.95. The predicted octanol–water partition coefficient (Wildman–Crippen LogP) is 7.30. The molecule has 3 aromatic carbocycles. The number of fused-ring (bicyclic) bond motifs is 1. The molecule has 4 aromatic rings. The van der Waals surface area contributed by atoms with Gasteiger partial charge in [-0.05, 0) is 74.1 Å². The Morgan fingerprint density at radius 2 is 1.55 bits per heavy atom. The average molecular weight is 443 g/mol. The highest BCUT2D eigenvalue weighted by Gasteiger charge is 2.11. The summed E-state index contributed by atoms with van der Waals surface area (Å²) in [4.78, 5) is 4.83. The molecule has 0 saturated carbocycles. The minimum absolute atomic E-state index is 0.455. The zero-order valence-electron chi connectivity index (χ0n) is 20.0. The van der Waals surface area contributed by atoms with Crippen LogP contribution in [0.2, 0.25) is 0 Å². The Hall–Kier alpha value is -3.27. The van der Waals surface area contributed by atoms with Crippen LogP contribution in [0, 0.1) is 6.92 Å². The second-order valence-electron chi connectivity index (χ2n) is 8.70. The summed E-state index contributed by atoms with van der Waals surface area (Å²) in [5, 5.41) is 0. The molecule has 0 N–H and O–H groups in total. The van der Waals surface area contributed by atoms with Crippen molar-refractivity contribution in [1.82, 2.24) is 9.55 Å². The lowest BCUT2D eigenvalue weighted by Crippen LogP contribution is -2.09. The van der Waals surface area contributed by atoms with E-state index in [2.05, 4.69) is 79.9 Å². The van der Waals surface area contributed by atoms with Crippen molar-refractivity contribution in [3.63, 3.8) is 0 Å². The zero-order chi connectivity index (χ0) is 23.0. The number of imidazole rings is 1. The monoisotopic (exact) mass is 442 g/mol. The van der Waals surface area contributed by atoms with Gasteiger partial charge < -0.3 is 14.0 Å².